The zero-order valence-electron chi connectivity index (χ0n) is 20.1. The Morgan fingerprint density at radius 2 is 2.00 bits per heavy atom. The molecule has 0 bridgehead atoms. The van der Waals surface area contributed by atoms with Gasteiger partial charge >= 0.3 is 0 Å². The fourth-order valence-electron chi connectivity index (χ4n) is 4.34. The second kappa shape index (κ2) is 10.4. The van der Waals surface area contributed by atoms with Crippen molar-refractivity contribution in [3.05, 3.63) is 46.9 Å². The third-order valence-electron chi connectivity index (χ3n) is 6.17. The normalized spacial score (nSPS) is 18.4. The van der Waals surface area contributed by atoms with Crippen LogP contribution in [0.25, 0.3) is 5.82 Å². The van der Waals surface area contributed by atoms with Crippen LogP contribution in [0.15, 0.2) is 31.2 Å². The number of rotatable bonds is 7. The van der Waals surface area contributed by atoms with Crippen molar-refractivity contribution in [1.29, 1.82) is 0 Å². The van der Waals surface area contributed by atoms with E-state index in [0.29, 0.717) is 71.1 Å². The number of hydrogen-bond acceptors (Lipinski definition) is 10. The Balaban J connectivity index is 1.48. The molecule has 0 aliphatic carbocycles. The first-order valence-corrected chi connectivity index (χ1v) is 12.1. The molecule has 0 radical (unpaired) electrons. The number of amides is 1. The van der Waals surface area contributed by atoms with Crippen molar-refractivity contribution in [3.63, 3.8) is 0 Å². The predicted octanol–water partition coefficient (Wildman–Crippen LogP) is 2.90. The van der Waals surface area contributed by atoms with Gasteiger partial charge in [0.1, 0.15) is 27.9 Å². The highest BCUT2D eigenvalue weighted by Gasteiger charge is 2.33. The van der Waals surface area contributed by atoms with Crippen molar-refractivity contribution < 1.29 is 19.0 Å². The lowest BCUT2D eigenvalue weighted by Crippen LogP contribution is -2.52. The number of nitrogens with zero attached hydrogens (tertiary/aromatic N) is 6. The van der Waals surface area contributed by atoms with Gasteiger partial charge in [0.25, 0.3) is 0 Å². The van der Waals surface area contributed by atoms with Gasteiger partial charge in [-0.1, -0.05) is 29.8 Å². The standard InChI is InChI=1S/C23H24Cl2N8O4/c1-4-17(34)28-13-5-6-37-10-14(13)29-22-26-8-12-9-32(23-31-27-11-33(23)21(12)30-22)20-18(24)15(35-2)7-16(36-3)19(20)25/h4,7-8,11,13-14H,1,5-6,9-10H2,2-3H3,(H,28,34)(H,26,29,30). The van der Waals surface area contributed by atoms with Crippen LogP contribution in [0.4, 0.5) is 17.6 Å². The summed E-state index contributed by atoms with van der Waals surface area (Å²) < 4.78 is 18.2. The Morgan fingerprint density at radius 1 is 1.24 bits per heavy atom. The van der Waals surface area contributed by atoms with Crippen molar-refractivity contribution in [2.75, 3.05) is 37.7 Å². The average Bonchev–Trinajstić information content (AvgIpc) is 3.41. The first kappa shape index (κ1) is 25.1. The summed E-state index contributed by atoms with van der Waals surface area (Å²) in [4.78, 5) is 22.9. The zero-order chi connectivity index (χ0) is 26.1. The molecule has 5 rings (SSSR count). The van der Waals surface area contributed by atoms with E-state index in [1.165, 1.54) is 20.3 Å². The molecular formula is C23H24Cl2N8O4. The molecule has 4 heterocycles. The highest BCUT2D eigenvalue weighted by Crippen LogP contribution is 2.49. The summed E-state index contributed by atoms with van der Waals surface area (Å²) in [5, 5.41) is 15.2. The number of halogens is 2. The molecule has 2 N–H and O–H groups in total. The van der Waals surface area contributed by atoms with E-state index >= 15 is 0 Å². The summed E-state index contributed by atoms with van der Waals surface area (Å²) in [5.41, 5.74) is 1.24. The molecule has 2 aliphatic heterocycles. The van der Waals surface area contributed by atoms with Crippen LogP contribution in [0.2, 0.25) is 10.0 Å². The molecule has 0 spiro atoms. The molecule has 14 heteroatoms. The molecule has 0 saturated carbocycles. The van der Waals surface area contributed by atoms with Crippen molar-refractivity contribution in [2.24, 2.45) is 0 Å². The van der Waals surface area contributed by atoms with Crippen molar-refractivity contribution in [3.8, 4) is 17.3 Å². The highest BCUT2D eigenvalue weighted by molar-refractivity contribution is 6.41. The number of methoxy groups -OCH3 is 2. The van der Waals surface area contributed by atoms with Crippen LogP contribution in [0.3, 0.4) is 0 Å². The van der Waals surface area contributed by atoms with E-state index in [4.69, 9.17) is 42.4 Å². The van der Waals surface area contributed by atoms with E-state index in [1.54, 1.807) is 28.1 Å². The van der Waals surface area contributed by atoms with Gasteiger partial charge in [-0.15, -0.1) is 10.2 Å². The molecule has 1 amide bonds. The second-order valence-electron chi connectivity index (χ2n) is 8.32. The number of hydrogen-bond donors (Lipinski definition) is 2. The van der Waals surface area contributed by atoms with Crippen LogP contribution >= 0.6 is 23.2 Å². The lowest BCUT2D eigenvalue weighted by Gasteiger charge is -2.33. The maximum Gasteiger partial charge on any atom is 0.243 e. The molecule has 194 valence electrons. The van der Waals surface area contributed by atoms with Crippen LogP contribution in [0.1, 0.15) is 12.0 Å². The van der Waals surface area contributed by atoms with Crippen LogP contribution < -0.4 is 25.0 Å². The Hall–Kier alpha value is -3.61. The van der Waals surface area contributed by atoms with Gasteiger partial charge in [0.15, 0.2) is 5.82 Å². The topological polar surface area (TPSA) is 129 Å². The predicted molar refractivity (Wildman–Crippen MR) is 137 cm³/mol. The molecule has 1 saturated heterocycles. The molecular weight excluding hydrogens is 523 g/mol. The molecule has 3 aromatic rings. The highest BCUT2D eigenvalue weighted by atomic mass is 35.5. The summed E-state index contributed by atoms with van der Waals surface area (Å²) in [6.45, 7) is 4.77. The minimum absolute atomic E-state index is 0.160. The number of fused-ring (bicyclic) bond motifs is 3. The van der Waals surface area contributed by atoms with Gasteiger partial charge in [-0.05, 0) is 12.5 Å². The molecule has 1 fully saturated rings. The number of ether oxygens (including phenoxy) is 3. The Labute approximate surface area is 222 Å². The third kappa shape index (κ3) is 4.63. The van der Waals surface area contributed by atoms with E-state index in [-0.39, 0.29) is 18.0 Å². The van der Waals surface area contributed by atoms with Crippen molar-refractivity contribution >= 4 is 46.7 Å². The minimum atomic E-state index is -0.245. The molecule has 2 atom stereocenters. The van der Waals surface area contributed by atoms with E-state index in [0.717, 1.165) is 5.56 Å². The lowest BCUT2D eigenvalue weighted by atomic mass is 10.0. The van der Waals surface area contributed by atoms with Gasteiger partial charge in [0.2, 0.25) is 17.8 Å². The largest absolute Gasteiger partial charge is 0.495 e. The van der Waals surface area contributed by atoms with Crippen LogP contribution in [0.5, 0.6) is 11.5 Å². The maximum absolute atomic E-state index is 11.9. The lowest BCUT2D eigenvalue weighted by molar-refractivity contribution is -0.117. The van der Waals surface area contributed by atoms with Crippen LogP contribution in [-0.4, -0.2) is 70.2 Å². The molecule has 2 unspecified atom stereocenters. The smallest absolute Gasteiger partial charge is 0.243 e. The molecule has 2 aliphatic rings. The SMILES string of the molecule is C=CC(=O)NC1CCOCC1Nc1ncc2c(n1)-n1cnnc1N(c1c(Cl)c(OC)cc(OC)c1Cl)C2. The number of carbonyl (C=O) groups excluding carboxylic acids is 1. The fourth-order valence-corrected chi connectivity index (χ4v) is 5.04. The average molecular weight is 547 g/mol. The quantitative estimate of drug-likeness (QED) is 0.426. The first-order chi connectivity index (χ1) is 17.9. The summed E-state index contributed by atoms with van der Waals surface area (Å²) >= 11 is 13.4. The third-order valence-corrected chi connectivity index (χ3v) is 6.90. The summed E-state index contributed by atoms with van der Waals surface area (Å²) in [5.74, 6) is 1.98. The number of nitrogens with one attached hydrogen (secondary N) is 2. The molecule has 12 nitrogen and oxygen atoms in total. The van der Waals surface area contributed by atoms with Gasteiger partial charge < -0.3 is 29.7 Å². The summed E-state index contributed by atoms with van der Waals surface area (Å²) in [6.07, 6.45) is 5.16. The van der Waals surface area contributed by atoms with Gasteiger partial charge in [-0.25, -0.2) is 4.98 Å². The second-order valence-corrected chi connectivity index (χ2v) is 9.08. The minimum Gasteiger partial charge on any atom is -0.495 e. The van der Waals surface area contributed by atoms with Gasteiger partial charge in [-0.2, -0.15) is 4.98 Å². The number of carbonyl (C=O) groups is 1. The monoisotopic (exact) mass is 546 g/mol. The summed E-state index contributed by atoms with van der Waals surface area (Å²) in [7, 11) is 3.03. The van der Waals surface area contributed by atoms with E-state index in [2.05, 4.69) is 32.4 Å². The van der Waals surface area contributed by atoms with E-state index < -0.39 is 0 Å². The van der Waals surface area contributed by atoms with Crippen molar-refractivity contribution in [2.45, 2.75) is 25.0 Å². The Morgan fingerprint density at radius 3 is 2.70 bits per heavy atom. The number of anilines is 3. The van der Waals surface area contributed by atoms with E-state index in [9.17, 15) is 4.79 Å². The molecule has 1 aromatic carbocycles. The Kier molecular flexibility index (Phi) is 7.04. The molecule has 37 heavy (non-hydrogen) atoms. The molecule has 2 aromatic heterocycles. The fraction of sp³-hybridized carbons (Fsp3) is 0.348. The zero-order valence-corrected chi connectivity index (χ0v) is 21.6. The van der Waals surface area contributed by atoms with Gasteiger partial charge in [0.05, 0.1) is 45.1 Å². The number of aromatic nitrogens is 5. The Bertz CT molecular complexity index is 1320. The van der Waals surface area contributed by atoms with E-state index in [1.807, 2.05) is 0 Å². The van der Waals surface area contributed by atoms with Crippen molar-refractivity contribution in [1.82, 2.24) is 30.0 Å². The van der Waals surface area contributed by atoms with Gasteiger partial charge in [0, 0.05) is 24.4 Å². The van der Waals surface area contributed by atoms with Crippen LogP contribution in [-0.2, 0) is 16.1 Å². The maximum atomic E-state index is 11.9. The summed E-state index contributed by atoms with van der Waals surface area (Å²) in [6, 6.07) is 1.24. The number of benzene rings is 1. The van der Waals surface area contributed by atoms with Crippen LogP contribution in [0, 0.1) is 0 Å². The first-order valence-electron chi connectivity index (χ1n) is 11.4. The van der Waals surface area contributed by atoms with Gasteiger partial charge in [-0.3, -0.25) is 9.36 Å².